The molecule has 84 valence electrons. The van der Waals surface area contributed by atoms with E-state index < -0.39 is 17.8 Å². The van der Waals surface area contributed by atoms with Gasteiger partial charge in [0.2, 0.25) is 0 Å². The topological polar surface area (TPSA) is 63.6 Å². The number of fused-ring (bicyclic) bond motifs is 1. The first-order chi connectivity index (χ1) is 7.11. The van der Waals surface area contributed by atoms with Gasteiger partial charge >= 0.3 is 11.9 Å². The van der Waals surface area contributed by atoms with Crippen molar-refractivity contribution in [2.24, 2.45) is 17.8 Å². The van der Waals surface area contributed by atoms with Gasteiger partial charge in [-0.05, 0) is 19.3 Å². The monoisotopic (exact) mass is 212 g/mol. The van der Waals surface area contributed by atoms with Crippen molar-refractivity contribution in [2.75, 3.05) is 0 Å². The van der Waals surface area contributed by atoms with Gasteiger partial charge in [-0.3, -0.25) is 9.59 Å². The van der Waals surface area contributed by atoms with Crippen LogP contribution in [0, 0.1) is 17.8 Å². The lowest BCUT2D eigenvalue weighted by Crippen LogP contribution is -2.32. The normalized spacial score (nSPS) is 36.9. The molecule has 1 saturated heterocycles. The lowest BCUT2D eigenvalue weighted by Gasteiger charge is -2.26. The smallest absolute Gasteiger partial charge is 0.310 e. The summed E-state index contributed by atoms with van der Waals surface area (Å²) in [6.07, 6.45) is 3.99. The molecule has 0 radical (unpaired) electrons. The third kappa shape index (κ3) is 1.73. The number of ether oxygens (including phenoxy) is 1. The Kier molecular flexibility index (Phi) is 2.67. The van der Waals surface area contributed by atoms with Gasteiger partial charge in [0.15, 0.2) is 0 Å². The summed E-state index contributed by atoms with van der Waals surface area (Å²) in [5.74, 6) is -2.11. The number of carbonyl (C=O) groups is 2. The lowest BCUT2D eigenvalue weighted by atomic mass is 9.75. The SMILES string of the molecule is C[C@@H](C(=O)O)[C@@H]1C(=O)O[C@@H]2CCCC[C@H]12. The molecular formula is C11H16O4. The van der Waals surface area contributed by atoms with Crippen molar-refractivity contribution in [1.29, 1.82) is 0 Å². The first-order valence-electron chi connectivity index (χ1n) is 5.54. The van der Waals surface area contributed by atoms with Crippen molar-refractivity contribution in [3.63, 3.8) is 0 Å². The number of carboxylic acids is 1. The van der Waals surface area contributed by atoms with E-state index in [1.165, 1.54) is 0 Å². The second kappa shape index (κ2) is 3.83. The summed E-state index contributed by atoms with van der Waals surface area (Å²) in [5.41, 5.74) is 0. The van der Waals surface area contributed by atoms with Gasteiger partial charge in [-0.15, -0.1) is 0 Å². The Morgan fingerprint density at radius 3 is 2.80 bits per heavy atom. The number of esters is 1. The molecule has 15 heavy (non-hydrogen) atoms. The molecule has 4 nitrogen and oxygen atoms in total. The summed E-state index contributed by atoms with van der Waals surface area (Å²) in [4.78, 5) is 22.5. The van der Waals surface area contributed by atoms with Crippen LogP contribution in [0.15, 0.2) is 0 Å². The molecule has 2 fully saturated rings. The van der Waals surface area contributed by atoms with E-state index in [1.807, 2.05) is 0 Å². The molecule has 0 spiro atoms. The van der Waals surface area contributed by atoms with E-state index in [2.05, 4.69) is 0 Å². The zero-order valence-corrected chi connectivity index (χ0v) is 8.81. The minimum Gasteiger partial charge on any atom is -0.481 e. The van der Waals surface area contributed by atoms with Crippen LogP contribution >= 0.6 is 0 Å². The van der Waals surface area contributed by atoms with Crippen LogP contribution in [0.5, 0.6) is 0 Å². The lowest BCUT2D eigenvalue weighted by molar-refractivity contribution is -0.152. The van der Waals surface area contributed by atoms with E-state index in [-0.39, 0.29) is 18.0 Å². The highest BCUT2D eigenvalue weighted by molar-refractivity contribution is 5.82. The Balaban J connectivity index is 2.16. The first-order valence-corrected chi connectivity index (χ1v) is 5.54. The highest BCUT2D eigenvalue weighted by Gasteiger charge is 2.49. The predicted octanol–water partition coefficient (Wildman–Crippen LogP) is 1.44. The van der Waals surface area contributed by atoms with Crippen molar-refractivity contribution < 1.29 is 19.4 Å². The van der Waals surface area contributed by atoms with Crippen molar-refractivity contribution in [2.45, 2.75) is 38.7 Å². The number of rotatable bonds is 2. The Bertz CT molecular complexity index is 286. The maximum atomic E-state index is 11.6. The molecule has 1 aliphatic carbocycles. The molecule has 0 amide bonds. The van der Waals surface area contributed by atoms with E-state index in [0.717, 1.165) is 25.7 Å². The van der Waals surface area contributed by atoms with Gasteiger partial charge in [0.05, 0.1) is 11.8 Å². The maximum Gasteiger partial charge on any atom is 0.310 e. The van der Waals surface area contributed by atoms with Gasteiger partial charge in [-0.2, -0.15) is 0 Å². The summed E-state index contributed by atoms with van der Waals surface area (Å²) in [7, 11) is 0. The van der Waals surface area contributed by atoms with E-state index in [0.29, 0.717) is 0 Å². The van der Waals surface area contributed by atoms with Gasteiger partial charge in [0, 0.05) is 5.92 Å². The van der Waals surface area contributed by atoms with E-state index in [1.54, 1.807) is 6.92 Å². The van der Waals surface area contributed by atoms with Crippen molar-refractivity contribution in [3.8, 4) is 0 Å². The quantitative estimate of drug-likeness (QED) is 0.703. The largest absolute Gasteiger partial charge is 0.481 e. The molecule has 1 saturated carbocycles. The first kappa shape index (κ1) is 10.5. The summed E-state index contributed by atoms with van der Waals surface area (Å²) < 4.78 is 5.25. The number of carbonyl (C=O) groups excluding carboxylic acids is 1. The molecular weight excluding hydrogens is 196 g/mol. The zero-order valence-electron chi connectivity index (χ0n) is 8.81. The standard InChI is InChI=1S/C11H16O4/c1-6(10(12)13)9-7-4-2-3-5-8(7)15-11(9)14/h6-9H,2-5H2,1H3,(H,12,13)/t6-,7+,8-,9+/m1/s1. The van der Waals surface area contributed by atoms with Crippen molar-refractivity contribution >= 4 is 11.9 Å². The molecule has 0 aromatic heterocycles. The third-order valence-electron chi connectivity index (χ3n) is 3.68. The average molecular weight is 212 g/mol. The van der Waals surface area contributed by atoms with Crippen molar-refractivity contribution in [1.82, 2.24) is 0 Å². The minimum absolute atomic E-state index is 0.0157. The molecule has 0 aromatic rings. The minimum atomic E-state index is -0.900. The van der Waals surface area contributed by atoms with Gasteiger partial charge in [-0.25, -0.2) is 0 Å². The summed E-state index contributed by atoms with van der Waals surface area (Å²) >= 11 is 0. The summed E-state index contributed by atoms with van der Waals surface area (Å²) in [5, 5.41) is 8.94. The van der Waals surface area contributed by atoms with Crippen LogP contribution in [-0.4, -0.2) is 23.1 Å². The highest BCUT2D eigenvalue weighted by Crippen LogP contribution is 2.42. The molecule has 0 aromatic carbocycles. The Hall–Kier alpha value is -1.06. The molecule has 1 heterocycles. The van der Waals surface area contributed by atoms with Gasteiger partial charge < -0.3 is 9.84 Å². The third-order valence-corrected chi connectivity index (χ3v) is 3.68. The molecule has 0 bridgehead atoms. The van der Waals surface area contributed by atoms with Crippen LogP contribution in [0.3, 0.4) is 0 Å². The molecule has 1 N–H and O–H groups in total. The van der Waals surface area contributed by atoms with Gasteiger partial charge in [0.25, 0.3) is 0 Å². The summed E-state index contributed by atoms with van der Waals surface area (Å²) in [6, 6.07) is 0. The van der Waals surface area contributed by atoms with Crippen LogP contribution in [0.2, 0.25) is 0 Å². The Morgan fingerprint density at radius 1 is 1.47 bits per heavy atom. The summed E-state index contributed by atoms with van der Waals surface area (Å²) in [6.45, 7) is 1.60. The van der Waals surface area contributed by atoms with Gasteiger partial charge in [0.1, 0.15) is 6.10 Å². The van der Waals surface area contributed by atoms with Gasteiger partial charge in [-0.1, -0.05) is 13.3 Å². The number of hydrogen-bond donors (Lipinski definition) is 1. The van der Waals surface area contributed by atoms with E-state index in [4.69, 9.17) is 9.84 Å². The van der Waals surface area contributed by atoms with Crippen LogP contribution in [0.4, 0.5) is 0 Å². The zero-order chi connectivity index (χ0) is 11.0. The Labute approximate surface area is 88.6 Å². The second-order valence-corrected chi connectivity index (χ2v) is 4.58. The number of hydrogen-bond acceptors (Lipinski definition) is 3. The fourth-order valence-corrected chi connectivity index (χ4v) is 2.81. The van der Waals surface area contributed by atoms with Crippen LogP contribution in [-0.2, 0) is 14.3 Å². The van der Waals surface area contributed by atoms with E-state index in [9.17, 15) is 9.59 Å². The number of carboxylic acid groups (broad SMARTS) is 1. The van der Waals surface area contributed by atoms with Crippen LogP contribution < -0.4 is 0 Å². The molecule has 1 aliphatic heterocycles. The van der Waals surface area contributed by atoms with Crippen LogP contribution in [0.1, 0.15) is 32.6 Å². The van der Waals surface area contributed by atoms with Crippen LogP contribution in [0.25, 0.3) is 0 Å². The Morgan fingerprint density at radius 2 is 2.13 bits per heavy atom. The average Bonchev–Trinajstić information content (AvgIpc) is 2.52. The molecule has 0 unspecified atom stereocenters. The maximum absolute atomic E-state index is 11.6. The highest BCUT2D eigenvalue weighted by atomic mass is 16.6. The fourth-order valence-electron chi connectivity index (χ4n) is 2.81. The fraction of sp³-hybridized carbons (Fsp3) is 0.818. The van der Waals surface area contributed by atoms with Crippen molar-refractivity contribution in [3.05, 3.63) is 0 Å². The second-order valence-electron chi connectivity index (χ2n) is 4.58. The number of aliphatic carboxylic acids is 1. The molecule has 4 atom stereocenters. The molecule has 2 aliphatic rings. The molecule has 4 heteroatoms. The predicted molar refractivity (Wildman–Crippen MR) is 52.1 cm³/mol. The molecule has 2 rings (SSSR count). The van der Waals surface area contributed by atoms with E-state index >= 15 is 0 Å².